The molecule has 0 amide bonds. The van der Waals surface area contributed by atoms with E-state index in [1.165, 1.54) is 24.2 Å². The Morgan fingerprint density at radius 1 is 1.35 bits per heavy atom. The van der Waals surface area contributed by atoms with Crippen molar-refractivity contribution >= 4 is 0 Å². The zero-order valence-corrected chi connectivity index (χ0v) is 11.1. The molecule has 2 rings (SSSR count). The highest BCUT2D eigenvalue weighted by atomic mass is 16.5. The van der Waals surface area contributed by atoms with E-state index in [4.69, 9.17) is 10.5 Å². The van der Waals surface area contributed by atoms with Gasteiger partial charge in [-0.2, -0.15) is 0 Å². The third kappa shape index (κ3) is 2.92. The molecule has 0 aliphatic heterocycles. The monoisotopic (exact) mass is 235 g/mol. The van der Waals surface area contributed by atoms with Crippen LogP contribution >= 0.6 is 0 Å². The number of rotatable bonds is 5. The molecule has 17 heavy (non-hydrogen) atoms. The van der Waals surface area contributed by atoms with Crippen molar-refractivity contribution in [3.8, 4) is 0 Å². The number of hydrogen-bond donors (Lipinski definition) is 1. The predicted molar refractivity (Wildman–Crippen MR) is 71.6 cm³/mol. The summed E-state index contributed by atoms with van der Waals surface area (Å²) in [6.07, 6.45) is 11.6. The van der Waals surface area contributed by atoms with Crippen LogP contribution in [-0.4, -0.2) is 12.1 Å². The lowest BCUT2D eigenvalue weighted by Crippen LogP contribution is -2.41. The second-order valence-corrected chi connectivity index (χ2v) is 5.30. The molecule has 2 N–H and O–H groups in total. The van der Waals surface area contributed by atoms with Crippen LogP contribution in [0.2, 0.25) is 0 Å². The quantitative estimate of drug-likeness (QED) is 0.791. The van der Waals surface area contributed by atoms with E-state index in [1.807, 2.05) is 0 Å². The maximum Gasteiger partial charge on any atom is 0.101 e. The van der Waals surface area contributed by atoms with Crippen molar-refractivity contribution in [2.45, 2.75) is 64.5 Å². The van der Waals surface area contributed by atoms with Gasteiger partial charge in [0.25, 0.3) is 0 Å². The van der Waals surface area contributed by atoms with Gasteiger partial charge in [0, 0.05) is 12.5 Å². The van der Waals surface area contributed by atoms with Crippen molar-refractivity contribution < 1.29 is 4.74 Å². The van der Waals surface area contributed by atoms with Crippen LogP contribution in [0, 0.1) is 5.92 Å². The third-order valence-corrected chi connectivity index (χ3v) is 4.02. The van der Waals surface area contributed by atoms with Crippen LogP contribution in [0.5, 0.6) is 0 Å². The van der Waals surface area contributed by atoms with Crippen molar-refractivity contribution in [3.63, 3.8) is 0 Å². The molecule has 2 nitrogen and oxygen atoms in total. The first-order chi connectivity index (χ1) is 8.24. The molecule has 0 atom stereocenters. The van der Waals surface area contributed by atoms with Crippen LogP contribution in [-0.2, 0) is 4.74 Å². The van der Waals surface area contributed by atoms with Gasteiger partial charge >= 0.3 is 0 Å². The smallest absolute Gasteiger partial charge is 0.101 e. The Balaban J connectivity index is 2.05. The molecule has 0 saturated heterocycles. The summed E-state index contributed by atoms with van der Waals surface area (Å²) in [7, 11) is 0. The van der Waals surface area contributed by atoms with Gasteiger partial charge in [-0.15, -0.1) is 0 Å². The van der Waals surface area contributed by atoms with Crippen LogP contribution in [0.25, 0.3) is 0 Å². The van der Waals surface area contributed by atoms with Gasteiger partial charge in [0.1, 0.15) is 11.9 Å². The third-order valence-electron chi connectivity index (χ3n) is 4.02. The van der Waals surface area contributed by atoms with Crippen LogP contribution < -0.4 is 5.73 Å². The van der Waals surface area contributed by atoms with Gasteiger partial charge in [-0.3, -0.25) is 0 Å². The fourth-order valence-corrected chi connectivity index (χ4v) is 2.78. The molecule has 1 saturated carbocycles. The summed E-state index contributed by atoms with van der Waals surface area (Å²) in [6.45, 7) is 4.53. The highest BCUT2D eigenvalue weighted by Gasteiger charge is 2.29. The van der Waals surface area contributed by atoms with Gasteiger partial charge in [0.2, 0.25) is 0 Å². The zero-order chi connectivity index (χ0) is 12.3. The highest BCUT2D eigenvalue weighted by molar-refractivity contribution is 5.29. The van der Waals surface area contributed by atoms with E-state index < -0.39 is 0 Å². The molecule has 0 aromatic rings. The number of nitrogens with two attached hydrogens (primary N) is 1. The SMILES string of the molecule is CCC(CC)C1=C(OC2CC(N)C2)CCC=C1. The average molecular weight is 235 g/mol. The van der Waals surface area contributed by atoms with Crippen LogP contribution in [0.1, 0.15) is 52.4 Å². The lowest BCUT2D eigenvalue weighted by atomic mass is 9.87. The molecular formula is C15H25NO. The van der Waals surface area contributed by atoms with Gasteiger partial charge in [-0.25, -0.2) is 0 Å². The minimum absolute atomic E-state index is 0.372. The molecule has 0 aromatic carbocycles. The van der Waals surface area contributed by atoms with Gasteiger partial charge < -0.3 is 10.5 Å². The second-order valence-electron chi connectivity index (χ2n) is 5.30. The summed E-state index contributed by atoms with van der Waals surface area (Å²) in [5.74, 6) is 1.91. The van der Waals surface area contributed by atoms with E-state index in [2.05, 4.69) is 26.0 Å². The Morgan fingerprint density at radius 2 is 2.06 bits per heavy atom. The first-order valence-electron chi connectivity index (χ1n) is 7.06. The van der Waals surface area contributed by atoms with Crippen LogP contribution in [0.15, 0.2) is 23.5 Å². The van der Waals surface area contributed by atoms with Crippen molar-refractivity contribution in [2.75, 3.05) is 0 Å². The summed E-state index contributed by atoms with van der Waals surface area (Å²) >= 11 is 0. The highest BCUT2D eigenvalue weighted by Crippen LogP contribution is 2.33. The summed E-state index contributed by atoms with van der Waals surface area (Å²) in [4.78, 5) is 0. The molecule has 0 heterocycles. The molecule has 96 valence electrons. The van der Waals surface area contributed by atoms with E-state index in [0.29, 0.717) is 18.1 Å². The van der Waals surface area contributed by atoms with E-state index in [9.17, 15) is 0 Å². The fraction of sp³-hybridized carbons (Fsp3) is 0.733. The molecule has 1 fully saturated rings. The lowest BCUT2D eigenvalue weighted by molar-refractivity contribution is 0.0313. The van der Waals surface area contributed by atoms with Gasteiger partial charge in [-0.05, 0) is 43.6 Å². The molecule has 2 aliphatic carbocycles. The Labute approximate surface area is 105 Å². The second kappa shape index (κ2) is 5.72. The zero-order valence-electron chi connectivity index (χ0n) is 11.1. The average Bonchev–Trinajstić information content (AvgIpc) is 2.31. The van der Waals surface area contributed by atoms with Crippen molar-refractivity contribution in [3.05, 3.63) is 23.5 Å². The minimum atomic E-state index is 0.372. The summed E-state index contributed by atoms with van der Waals surface area (Å²) in [6, 6.07) is 0.372. The summed E-state index contributed by atoms with van der Waals surface area (Å²) < 4.78 is 6.14. The normalized spacial score (nSPS) is 28.5. The van der Waals surface area contributed by atoms with Crippen LogP contribution in [0.3, 0.4) is 0 Å². The van der Waals surface area contributed by atoms with Crippen molar-refractivity contribution in [2.24, 2.45) is 11.7 Å². The first-order valence-corrected chi connectivity index (χ1v) is 7.06. The molecule has 0 aromatic heterocycles. The molecule has 2 aliphatic rings. The molecule has 0 unspecified atom stereocenters. The van der Waals surface area contributed by atoms with Crippen molar-refractivity contribution in [1.29, 1.82) is 0 Å². The lowest BCUT2D eigenvalue weighted by Gasteiger charge is -2.35. The molecule has 2 heteroatoms. The molecular weight excluding hydrogens is 210 g/mol. The Kier molecular flexibility index (Phi) is 4.27. The fourth-order valence-electron chi connectivity index (χ4n) is 2.78. The Morgan fingerprint density at radius 3 is 2.65 bits per heavy atom. The number of allylic oxidation sites excluding steroid dienone is 4. The Hall–Kier alpha value is -0.760. The van der Waals surface area contributed by atoms with E-state index >= 15 is 0 Å². The van der Waals surface area contributed by atoms with Gasteiger partial charge in [-0.1, -0.05) is 26.0 Å². The van der Waals surface area contributed by atoms with E-state index in [-0.39, 0.29) is 0 Å². The van der Waals surface area contributed by atoms with Gasteiger partial charge in [0.05, 0.1) is 0 Å². The van der Waals surface area contributed by atoms with Crippen LogP contribution in [0.4, 0.5) is 0 Å². The number of ether oxygens (including phenoxy) is 1. The van der Waals surface area contributed by atoms with E-state index in [0.717, 1.165) is 25.7 Å². The van der Waals surface area contributed by atoms with E-state index in [1.54, 1.807) is 0 Å². The molecule has 0 bridgehead atoms. The number of hydrogen-bond acceptors (Lipinski definition) is 2. The minimum Gasteiger partial charge on any atom is -0.494 e. The molecule has 0 spiro atoms. The molecule has 0 radical (unpaired) electrons. The largest absolute Gasteiger partial charge is 0.494 e. The van der Waals surface area contributed by atoms with Gasteiger partial charge in [0.15, 0.2) is 0 Å². The summed E-state index contributed by atoms with van der Waals surface area (Å²) in [5, 5.41) is 0. The topological polar surface area (TPSA) is 35.2 Å². The maximum atomic E-state index is 6.14. The maximum absolute atomic E-state index is 6.14. The first kappa shape index (κ1) is 12.7. The standard InChI is InChI=1S/C15H25NO/c1-3-11(4-2)14-7-5-6-8-15(14)17-13-9-12(16)10-13/h5,7,11-13H,3-4,6,8-10,16H2,1-2H3. The summed E-state index contributed by atoms with van der Waals surface area (Å²) in [5.41, 5.74) is 7.26. The Bertz CT molecular complexity index is 309. The van der Waals surface area contributed by atoms with Crippen molar-refractivity contribution in [1.82, 2.24) is 0 Å². The predicted octanol–water partition coefficient (Wildman–Crippen LogP) is 3.53.